The van der Waals surface area contributed by atoms with Gasteiger partial charge in [-0.25, -0.2) is 0 Å². The molecule has 2 aromatic rings. The van der Waals surface area contributed by atoms with Crippen molar-refractivity contribution in [2.45, 2.75) is 26.3 Å². The van der Waals surface area contributed by atoms with Crippen LogP contribution in [0, 0.1) is 6.92 Å². The first-order valence-electron chi connectivity index (χ1n) is 8.96. The molecule has 0 aliphatic heterocycles. The number of benzene rings is 2. The first-order valence-corrected chi connectivity index (χ1v) is 9.34. The fourth-order valence-corrected chi connectivity index (χ4v) is 2.98. The highest BCUT2D eigenvalue weighted by Crippen LogP contribution is 2.27. The second kappa shape index (κ2) is 9.62. The minimum Gasteiger partial charge on any atom is -0.493 e. The number of nitrogens with one attached hydrogen (secondary N) is 2. The van der Waals surface area contributed by atoms with Crippen molar-refractivity contribution in [3.63, 3.8) is 0 Å². The number of halogens is 1. The maximum absolute atomic E-state index is 12.6. The molecule has 0 aliphatic rings. The molecule has 2 rings (SSSR count). The van der Waals surface area contributed by atoms with E-state index in [1.807, 2.05) is 57.3 Å². The fraction of sp³-hybridized carbons (Fsp3) is 0.381. The Bertz CT molecular complexity index is 795. The second-order valence-corrected chi connectivity index (χ2v) is 7.07. The highest BCUT2D eigenvalue weighted by atomic mass is 35.5. The molecule has 1 unspecified atom stereocenters. The van der Waals surface area contributed by atoms with E-state index < -0.39 is 0 Å². The van der Waals surface area contributed by atoms with E-state index in [2.05, 4.69) is 5.32 Å². The summed E-state index contributed by atoms with van der Waals surface area (Å²) >= 11 is 6.13. The summed E-state index contributed by atoms with van der Waals surface area (Å²) in [5.74, 6) is 1.41. The van der Waals surface area contributed by atoms with Crippen LogP contribution in [-0.2, 0) is 11.2 Å². The van der Waals surface area contributed by atoms with E-state index in [-0.39, 0.29) is 11.9 Å². The number of carbonyl (C=O) groups is 1. The van der Waals surface area contributed by atoms with Crippen molar-refractivity contribution in [1.29, 1.82) is 0 Å². The molecular weight excluding hydrogens is 364 g/mol. The zero-order chi connectivity index (χ0) is 20.0. The van der Waals surface area contributed by atoms with Crippen LogP contribution >= 0.6 is 11.6 Å². The Morgan fingerprint density at radius 1 is 1.19 bits per heavy atom. The second-order valence-electron chi connectivity index (χ2n) is 6.66. The molecule has 0 heterocycles. The van der Waals surface area contributed by atoms with Gasteiger partial charge in [-0.15, -0.1) is 0 Å². The summed E-state index contributed by atoms with van der Waals surface area (Å²) in [7, 11) is 5.27. The topological polar surface area (TPSA) is 52.0 Å². The molecule has 2 N–H and O–H groups in total. The van der Waals surface area contributed by atoms with Gasteiger partial charge in [0.2, 0.25) is 0 Å². The van der Waals surface area contributed by atoms with Gasteiger partial charge in [0, 0.05) is 17.1 Å². The molecule has 0 saturated carbocycles. The number of carbonyl (C=O) groups excluding carboxylic acids is 1. The molecule has 146 valence electrons. The van der Waals surface area contributed by atoms with Crippen LogP contribution in [0.4, 0.5) is 5.69 Å². The van der Waals surface area contributed by atoms with Gasteiger partial charge in [-0.2, -0.15) is 0 Å². The first-order chi connectivity index (χ1) is 12.9. The van der Waals surface area contributed by atoms with Crippen LogP contribution in [0.15, 0.2) is 36.4 Å². The minimum absolute atomic E-state index is 0.0230. The van der Waals surface area contributed by atoms with Gasteiger partial charge in [-0.05, 0) is 49.2 Å². The third-order valence-electron chi connectivity index (χ3n) is 4.91. The maximum atomic E-state index is 12.6. The average Bonchev–Trinajstić information content (AvgIpc) is 2.68. The van der Waals surface area contributed by atoms with Crippen molar-refractivity contribution >= 4 is 23.2 Å². The van der Waals surface area contributed by atoms with Crippen molar-refractivity contribution in [3.05, 3.63) is 52.5 Å². The SMILES string of the molecule is COc1ccc(CC[NH+](C)[C@H](C)C(=O)Nc2cccc(Cl)c2C)cc1OC. The Balaban J connectivity index is 1.96. The number of hydrogen-bond donors (Lipinski definition) is 2. The summed E-state index contributed by atoms with van der Waals surface area (Å²) in [6, 6.07) is 11.2. The Morgan fingerprint density at radius 2 is 1.89 bits per heavy atom. The van der Waals surface area contributed by atoms with Crippen LogP contribution in [0.3, 0.4) is 0 Å². The number of ether oxygens (including phenoxy) is 2. The van der Waals surface area contributed by atoms with E-state index in [0.29, 0.717) is 10.8 Å². The van der Waals surface area contributed by atoms with Crippen LogP contribution in [0.1, 0.15) is 18.1 Å². The maximum Gasteiger partial charge on any atom is 0.282 e. The zero-order valence-corrected chi connectivity index (χ0v) is 17.3. The Morgan fingerprint density at radius 3 is 2.56 bits per heavy atom. The summed E-state index contributed by atoms with van der Waals surface area (Å²) in [6.07, 6.45) is 0.833. The van der Waals surface area contributed by atoms with E-state index in [1.54, 1.807) is 14.2 Å². The van der Waals surface area contributed by atoms with Crippen LogP contribution in [0.2, 0.25) is 5.02 Å². The van der Waals surface area contributed by atoms with Gasteiger partial charge in [0.15, 0.2) is 17.5 Å². The van der Waals surface area contributed by atoms with Crippen LogP contribution in [-0.4, -0.2) is 39.8 Å². The van der Waals surface area contributed by atoms with E-state index >= 15 is 0 Å². The molecule has 2 aromatic carbocycles. The molecule has 0 bridgehead atoms. The predicted octanol–water partition coefficient (Wildman–Crippen LogP) is 2.75. The van der Waals surface area contributed by atoms with Gasteiger partial charge in [0.25, 0.3) is 5.91 Å². The molecule has 1 amide bonds. The van der Waals surface area contributed by atoms with Gasteiger partial charge >= 0.3 is 0 Å². The number of methoxy groups -OCH3 is 2. The molecule has 0 fully saturated rings. The van der Waals surface area contributed by atoms with Gasteiger partial charge in [0.05, 0.1) is 27.8 Å². The molecule has 2 atom stereocenters. The summed E-state index contributed by atoms with van der Waals surface area (Å²) in [6.45, 7) is 4.65. The molecular formula is C21H28ClN2O3+. The number of quaternary nitrogens is 1. The van der Waals surface area contributed by atoms with Crippen molar-refractivity contribution in [2.75, 3.05) is 33.1 Å². The average molecular weight is 392 g/mol. The smallest absolute Gasteiger partial charge is 0.282 e. The number of amides is 1. The monoisotopic (exact) mass is 391 g/mol. The number of anilines is 1. The molecule has 0 aliphatic carbocycles. The van der Waals surface area contributed by atoms with Gasteiger partial charge in [0.1, 0.15) is 0 Å². The van der Waals surface area contributed by atoms with Gasteiger partial charge < -0.3 is 19.7 Å². The van der Waals surface area contributed by atoms with E-state index in [4.69, 9.17) is 21.1 Å². The Kier molecular flexibility index (Phi) is 7.51. The van der Waals surface area contributed by atoms with Crippen LogP contribution < -0.4 is 19.7 Å². The predicted molar refractivity (Wildman–Crippen MR) is 109 cm³/mol. The summed E-state index contributed by atoms with van der Waals surface area (Å²) in [5, 5.41) is 3.63. The molecule has 0 spiro atoms. The lowest BCUT2D eigenvalue weighted by Gasteiger charge is -2.22. The van der Waals surface area contributed by atoms with Crippen molar-refractivity contribution in [2.24, 2.45) is 0 Å². The molecule has 27 heavy (non-hydrogen) atoms. The van der Waals surface area contributed by atoms with Gasteiger partial charge in [-0.1, -0.05) is 23.7 Å². The standard InChI is InChI=1S/C21H27ClN2O3/c1-14-17(22)7-6-8-18(14)23-21(25)15(2)24(3)12-11-16-9-10-19(26-4)20(13-16)27-5/h6-10,13,15H,11-12H2,1-5H3,(H,23,25)/p+1/t15-/m1/s1. The van der Waals surface area contributed by atoms with E-state index in [0.717, 1.165) is 40.4 Å². The van der Waals surface area contributed by atoms with Crippen molar-refractivity contribution in [3.8, 4) is 11.5 Å². The summed E-state index contributed by atoms with van der Waals surface area (Å²) in [5.41, 5.74) is 2.78. The fourth-order valence-electron chi connectivity index (χ4n) is 2.80. The lowest BCUT2D eigenvalue weighted by Crippen LogP contribution is -3.14. The first kappa shape index (κ1) is 21.1. The Labute approximate surface area is 166 Å². The quantitative estimate of drug-likeness (QED) is 0.727. The highest BCUT2D eigenvalue weighted by molar-refractivity contribution is 6.31. The van der Waals surface area contributed by atoms with E-state index in [9.17, 15) is 4.79 Å². The third kappa shape index (κ3) is 5.37. The van der Waals surface area contributed by atoms with Crippen molar-refractivity contribution < 1.29 is 19.2 Å². The molecule has 0 saturated heterocycles. The van der Waals surface area contributed by atoms with Crippen LogP contribution in [0.5, 0.6) is 11.5 Å². The van der Waals surface area contributed by atoms with Crippen molar-refractivity contribution in [1.82, 2.24) is 0 Å². The third-order valence-corrected chi connectivity index (χ3v) is 5.32. The number of likely N-dealkylation sites (N-methyl/N-ethyl adjacent to an activating group) is 1. The molecule has 0 radical (unpaired) electrons. The van der Waals surface area contributed by atoms with Crippen LogP contribution in [0.25, 0.3) is 0 Å². The molecule has 0 aromatic heterocycles. The van der Waals surface area contributed by atoms with E-state index in [1.165, 1.54) is 0 Å². The largest absolute Gasteiger partial charge is 0.493 e. The highest BCUT2D eigenvalue weighted by Gasteiger charge is 2.22. The number of rotatable bonds is 8. The minimum atomic E-state index is -0.191. The summed E-state index contributed by atoms with van der Waals surface area (Å²) in [4.78, 5) is 13.7. The van der Waals surface area contributed by atoms with Gasteiger partial charge in [-0.3, -0.25) is 4.79 Å². The normalized spacial score (nSPS) is 13.0. The zero-order valence-electron chi connectivity index (χ0n) is 16.6. The lowest BCUT2D eigenvalue weighted by molar-refractivity contribution is -0.893. The Hall–Kier alpha value is -2.24. The molecule has 5 nitrogen and oxygen atoms in total. The lowest BCUT2D eigenvalue weighted by atomic mass is 10.1. The molecule has 6 heteroatoms. The summed E-state index contributed by atoms with van der Waals surface area (Å²) < 4.78 is 10.6. The number of hydrogen-bond acceptors (Lipinski definition) is 3.